The van der Waals surface area contributed by atoms with Crippen molar-refractivity contribution in [3.8, 4) is 0 Å². The lowest BCUT2D eigenvalue weighted by Gasteiger charge is -2.25. The Balaban J connectivity index is 3.86. The van der Waals surface area contributed by atoms with Gasteiger partial charge in [0.25, 0.3) is 0 Å². The molecule has 92 valence electrons. The summed E-state index contributed by atoms with van der Waals surface area (Å²) in [5, 5.41) is 12.1. The largest absolute Gasteiger partial charge is 0.395 e. The first-order valence-corrected chi connectivity index (χ1v) is 5.26. The van der Waals surface area contributed by atoms with E-state index >= 15 is 0 Å². The van der Waals surface area contributed by atoms with Gasteiger partial charge in [-0.3, -0.25) is 4.90 Å². The van der Waals surface area contributed by atoms with Crippen LogP contribution >= 0.6 is 0 Å². The predicted molar refractivity (Wildman–Crippen MR) is 60.1 cm³/mol. The zero-order valence-electron chi connectivity index (χ0n) is 10.0. The van der Waals surface area contributed by atoms with E-state index in [1.807, 2.05) is 7.05 Å². The predicted octanol–water partition coefficient (Wildman–Crippen LogP) is -0.838. The van der Waals surface area contributed by atoms with Crippen LogP contribution in [0.3, 0.4) is 0 Å². The molecule has 0 saturated heterocycles. The zero-order valence-corrected chi connectivity index (χ0v) is 10.0. The Labute approximate surface area is 92.4 Å². The van der Waals surface area contributed by atoms with Crippen LogP contribution in [0.2, 0.25) is 0 Å². The first-order chi connectivity index (χ1) is 7.28. The molecule has 0 saturated carbocycles. The molecule has 0 aliphatic rings. The molecule has 0 rings (SSSR count). The fraction of sp³-hybridized carbons (Fsp3) is 1.00. The van der Waals surface area contributed by atoms with Crippen molar-refractivity contribution in [2.75, 3.05) is 60.7 Å². The third-order valence-corrected chi connectivity index (χ3v) is 2.33. The summed E-state index contributed by atoms with van der Waals surface area (Å²) in [6.07, 6.45) is 0. The maximum Gasteiger partial charge on any atom is 0.0597 e. The molecule has 2 N–H and O–H groups in total. The summed E-state index contributed by atoms with van der Waals surface area (Å²) in [7, 11) is 5.23. The summed E-state index contributed by atoms with van der Waals surface area (Å²) in [5.74, 6) is 0. The monoisotopic (exact) mass is 220 g/mol. The van der Waals surface area contributed by atoms with Gasteiger partial charge in [-0.2, -0.15) is 0 Å². The van der Waals surface area contributed by atoms with Crippen molar-refractivity contribution >= 4 is 0 Å². The maximum absolute atomic E-state index is 9.07. The van der Waals surface area contributed by atoms with Gasteiger partial charge in [-0.1, -0.05) is 0 Å². The first kappa shape index (κ1) is 14.8. The second-order valence-electron chi connectivity index (χ2n) is 3.45. The van der Waals surface area contributed by atoms with Gasteiger partial charge < -0.3 is 19.9 Å². The fourth-order valence-corrected chi connectivity index (χ4v) is 1.29. The van der Waals surface area contributed by atoms with Gasteiger partial charge in [0.05, 0.1) is 19.8 Å². The molecule has 5 nitrogen and oxygen atoms in total. The van der Waals surface area contributed by atoms with Crippen LogP contribution in [0.1, 0.15) is 0 Å². The highest BCUT2D eigenvalue weighted by molar-refractivity contribution is 4.69. The van der Waals surface area contributed by atoms with Crippen LogP contribution in [-0.2, 0) is 9.47 Å². The van der Waals surface area contributed by atoms with Crippen LogP contribution in [0.15, 0.2) is 0 Å². The van der Waals surface area contributed by atoms with Crippen molar-refractivity contribution in [3.05, 3.63) is 0 Å². The van der Waals surface area contributed by atoms with Gasteiger partial charge in [-0.05, 0) is 7.05 Å². The third kappa shape index (κ3) is 7.70. The minimum atomic E-state index is 0.110. The molecule has 15 heavy (non-hydrogen) atoms. The molecule has 0 aromatic rings. The Hall–Kier alpha value is -0.200. The molecule has 1 unspecified atom stereocenters. The number of nitrogens with one attached hydrogen (secondary N) is 1. The fourth-order valence-electron chi connectivity index (χ4n) is 1.29. The molecule has 0 aliphatic heterocycles. The van der Waals surface area contributed by atoms with E-state index in [4.69, 9.17) is 14.6 Å². The topological polar surface area (TPSA) is 54.0 Å². The zero-order chi connectivity index (χ0) is 11.5. The Bertz CT molecular complexity index is 124. The molecule has 0 heterocycles. The van der Waals surface area contributed by atoms with Gasteiger partial charge in [0.2, 0.25) is 0 Å². The molecule has 0 aliphatic carbocycles. The lowest BCUT2D eigenvalue weighted by atomic mass is 10.3. The van der Waals surface area contributed by atoms with Crippen LogP contribution < -0.4 is 5.32 Å². The molecule has 0 aromatic carbocycles. The third-order valence-electron chi connectivity index (χ3n) is 2.33. The van der Waals surface area contributed by atoms with Gasteiger partial charge in [0, 0.05) is 39.9 Å². The summed E-state index contributed by atoms with van der Waals surface area (Å²) in [5.41, 5.74) is 0. The normalized spacial score (nSPS) is 13.4. The summed E-state index contributed by atoms with van der Waals surface area (Å²) < 4.78 is 10.1. The van der Waals surface area contributed by atoms with Crippen molar-refractivity contribution in [1.82, 2.24) is 10.2 Å². The van der Waals surface area contributed by atoms with Gasteiger partial charge in [0.15, 0.2) is 0 Å². The number of rotatable bonds is 10. The molecule has 0 bridgehead atoms. The van der Waals surface area contributed by atoms with E-state index in [-0.39, 0.29) is 12.6 Å². The van der Waals surface area contributed by atoms with E-state index in [2.05, 4.69) is 10.2 Å². The lowest BCUT2D eigenvalue weighted by molar-refractivity contribution is 0.100. The highest BCUT2D eigenvalue weighted by Crippen LogP contribution is 1.93. The standard InChI is InChI=1S/C10H24N2O3/c1-11-10(9-13)8-12(4-6-14-2)5-7-15-3/h10-11,13H,4-9H2,1-3H3. The first-order valence-electron chi connectivity index (χ1n) is 5.26. The molecule has 0 fully saturated rings. The van der Waals surface area contributed by atoms with Gasteiger partial charge >= 0.3 is 0 Å². The lowest BCUT2D eigenvalue weighted by Crippen LogP contribution is -2.44. The molecular formula is C10H24N2O3. The average Bonchev–Trinajstić information content (AvgIpc) is 2.28. The van der Waals surface area contributed by atoms with Crippen molar-refractivity contribution in [2.24, 2.45) is 0 Å². The number of hydrogen-bond acceptors (Lipinski definition) is 5. The van der Waals surface area contributed by atoms with Crippen molar-refractivity contribution < 1.29 is 14.6 Å². The second kappa shape index (κ2) is 10.3. The van der Waals surface area contributed by atoms with Crippen LogP contribution in [0.4, 0.5) is 0 Å². The summed E-state index contributed by atoms with van der Waals surface area (Å²) in [4.78, 5) is 2.21. The van der Waals surface area contributed by atoms with Gasteiger partial charge in [0.1, 0.15) is 0 Å². The number of nitrogens with zero attached hydrogens (tertiary/aromatic N) is 1. The molecule has 0 amide bonds. The van der Waals surface area contributed by atoms with Crippen LogP contribution in [-0.4, -0.2) is 76.8 Å². The van der Waals surface area contributed by atoms with Crippen LogP contribution in [0, 0.1) is 0 Å². The smallest absolute Gasteiger partial charge is 0.0597 e. The second-order valence-corrected chi connectivity index (χ2v) is 3.45. The Morgan fingerprint density at radius 2 is 1.73 bits per heavy atom. The summed E-state index contributed by atoms with van der Waals surface area (Å²) >= 11 is 0. The molecule has 0 aromatic heterocycles. The highest BCUT2D eigenvalue weighted by Gasteiger charge is 2.11. The van der Waals surface area contributed by atoms with E-state index < -0.39 is 0 Å². The Morgan fingerprint density at radius 1 is 1.20 bits per heavy atom. The van der Waals surface area contributed by atoms with E-state index in [9.17, 15) is 0 Å². The van der Waals surface area contributed by atoms with Crippen molar-refractivity contribution in [1.29, 1.82) is 0 Å². The van der Waals surface area contributed by atoms with Crippen LogP contribution in [0.5, 0.6) is 0 Å². The number of hydrogen-bond donors (Lipinski definition) is 2. The van der Waals surface area contributed by atoms with Crippen molar-refractivity contribution in [2.45, 2.75) is 6.04 Å². The Morgan fingerprint density at radius 3 is 2.07 bits per heavy atom. The molecule has 1 atom stereocenters. The summed E-state index contributed by atoms with van der Waals surface area (Å²) in [6.45, 7) is 4.07. The highest BCUT2D eigenvalue weighted by atomic mass is 16.5. The number of likely N-dealkylation sites (N-methyl/N-ethyl adjacent to an activating group) is 1. The number of methoxy groups -OCH3 is 2. The average molecular weight is 220 g/mol. The summed E-state index contributed by atoms with van der Waals surface area (Å²) in [6, 6.07) is 0.110. The number of aliphatic hydroxyl groups excluding tert-OH is 1. The minimum Gasteiger partial charge on any atom is -0.395 e. The van der Waals surface area contributed by atoms with E-state index in [0.29, 0.717) is 13.2 Å². The van der Waals surface area contributed by atoms with Gasteiger partial charge in [-0.25, -0.2) is 0 Å². The van der Waals surface area contributed by atoms with E-state index in [0.717, 1.165) is 19.6 Å². The van der Waals surface area contributed by atoms with Gasteiger partial charge in [-0.15, -0.1) is 0 Å². The van der Waals surface area contributed by atoms with E-state index in [1.54, 1.807) is 14.2 Å². The maximum atomic E-state index is 9.07. The quantitative estimate of drug-likeness (QED) is 0.503. The van der Waals surface area contributed by atoms with Crippen LogP contribution in [0.25, 0.3) is 0 Å². The Kier molecular flexibility index (Phi) is 10.2. The molecule has 0 radical (unpaired) electrons. The van der Waals surface area contributed by atoms with E-state index in [1.165, 1.54) is 0 Å². The van der Waals surface area contributed by atoms with Crippen molar-refractivity contribution in [3.63, 3.8) is 0 Å². The minimum absolute atomic E-state index is 0.110. The molecule has 0 spiro atoms. The number of aliphatic hydroxyl groups is 1. The molecular weight excluding hydrogens is 196 g/mol. The molecule has 5 heteroatoms. The number of ether oxygens (including phenoxy) is 2. The SMILES string of the molecule is CNC(CO)CN(CCOC)CCOC.